The quantitative estimate of drug-likeness (QED) is 0.884. The van der Waals surface area contributed by atoms with E-state index in [1.807, 2.05) is 19.3 Å². The van der Waals surface area contributed by atoms with Gasteiger partial charge in [-0.15, -0.1) is 0 Å². The SMILES string of the molecule is CCCCC(C(=O)Nc1cc(C)on1)N1CCn2ccnc2C1. The van der Waals surface area contributed by atoms with Gasteiger partial charge in [0.1, 0.15) is 11.6 Å². The number of hydrogen-bond donors (Lipinski definition) is 1. The molecule has 1 N–H and O–H groups in total. The Morgan fingerprint density at radius 1 is 1.48 bits per heavy atom. The summed E-state index contributed by atoms with van der Waals surface area (Å²) in [6.45, 7) is 6.37. The Kier molecular flexibility index (Phi) is 4.76. The van der Waals surface area contributed by atoms with E-state index in [2.05, 4.69) is 31.8 Å². The van der Waals surface area contributed by atoms with Gasteiger partial charge in [0.05, 0.1) is 12.6 Å². The van der Waals surface area contributed by atoms with Crippen molar-refractivity contribution in [2.24, 2.45) is 0 Å². The molecule has 0 aliphatic carbocycles. The highest BCUT2D eigenvalue weighted by atomic mass is 16.5. The number of anilines is 1. The van der Waals surface area contributed by atoms with E-state index in [4.69, 9.17) is 4.52 Å². The van der Waals surface area contributed by atoms with E-state index >= 15 is 0 Å². The zero-order valence-electron chi connectivity index (χ0n) is 13.7. The number of aromatic nitrogens is 3. The van der Waals surface area contributed by atoms with Crippen LogP contribution in [0.25, 0.3) is 0 Å². The largest absolute Gasteiger partial charge is 0.360 e. The van der Waals surface area contributed by atoms with E-state index in [1.54, 1.807) is 6.07 Å². The van der Waals surface area contributed by atoms with Gasteiger partial charge in [0, 0.05) is 31.5 Å². The maximum atomic E-state index is 12.7. The summed E-state index contributed by atoms with van der Waals surface area (Å²) in [4.78, 5) is 19.3. The lowest BCUT2D eigenvalue weighted by Crippen LogP contribution is -2.47. The van der Waals surface area contributed by atoms with Crippen molar-refractivity contribution in [3.63, 3.8) is 0 Å². The number of imidazole rings is 1. The van der Waals surface area contributed by atoms with Gasteiger partial charge < -0.3 is 14.4 Å². The van der Waals surface area contributed by atoms with Gasteiger partial charge in [0.15, 0.2) is 5.82 Å². The summed E-state index contributed by atoms with van der Waals surface area (Å²) in [5.74, 6) is 2.16. The van der Waals surface area contributed by atoms with Crippen molar-refractivity contribution in [1.29, 1.82) is 0 Å². The molecule has 0 radical (unpaired) electrons. The van der Waals surface area contributed by atoms with Crippen molar-refractivity contribution in [2.75, 3.05) is 11.9 Å². The minimum atomic E-state index is -0.169. The van der Waals surface area contributed by atoms with Crippen molar-refractivity contribution in [1.82, 2.24) is 19.6 Å². The van der Waals surface area contributed by atoms with Crippen LogP contribution in [0.2, 0.25) is 0 Å². The van der Waals surface area contributed by atoms with Gasteiger partial charge in [0.2, 0.25) is 5.91 Å². The van der Waals surface area contributed by atoms with Gasteiger partial charge in [-0.2, -0.15) is 0 Å². The number of nitrogens with one attached hydrogen (secondary N) is 1. The first-order valence-corrected chi connectivity index (χ1v) is 8.15. The van der Waals surface area contributed by atoms with E-state index in [0.717, 1.165) is 38.2 Å². The zero-order valence-corrected chi connectivity index (χ0v) is 13.7. The lowest BCUT2D eigenvalue weighted by molar-refractivity contribution is -0.122. The van der Waals surface area contributed by atoms with Gasteiger partial charge in [-0.1, -0.05) is 24.9 Å². The van der Waals surface area contributed by atoms with Crippen LogP contribution in [0.1, 0.15) is 37.8 Å². The minimum absolute atomic E-state index is 0.0215. The fourth-order valence-corrected chi connectivity index (χ4v) is 2.97. The first kappa shape index (κ1) is 15.7. The van der Waals surface area contributed by atoms with Crippen LogP contribution in [0, 0.1) is 6.92 Å². The predicted octanol–water partition coefficient (Wildman–Crippen LogP) is 2.19. The fourth-order valence-electron chi connectivity index (χ4n) is 2.97. The smallest absolute Gasteiger partial charge is 0.242 e. The second-order valence-corrected chi connectivity index (χ2v) is 5.98. The maximum Gasteiger partial charge on any atom is 0.242 e. The standard InChI is InChI=1S/C16H23N5O2/c1-3-4-5-13(16(22)18-14-10-12(2)23-19-14)21-9-8-20-7-6-17-15(20)11-21/h6-7,10,13H,3-5,8-9,11H2,1-2H3,(H,18,19,22). The van der Waals surface area contributed by atoms with Crippen LogP contribution in [0.3, 0.4) is 0 Å². The van der Waals surface area contributed by atoms with Crippen LogP contribution in [-0.4, -0.2) is 38.1 Å². The average molecular weight is 317 g/mol. The van der Waals surface area contributed by atoms with Gasteiger partial charge in [-0.3, -0.25) is 9.69 Å². The van der Waals surface area contributed by atoms with E-state index in [9.17, 15) is 4.79 Å². The number of carbonyl (C=O) groups excluding carboxylic acids is 1. The molecule has 0 saturated carbocycles. The normalized spacial score (nSPS) is 16.1. The molecule has 0 saturated heterocycles. The number of fused-ring (bicyclic) bond motifs is 1. The molecule has 23 heavy (non-hydrogen) atoms. The minimum Gasteiger partial charge on any atom is -0.360 e. The van der Waals surface area contributed by atoms with Crippen molar-refractivity contribution in [3.8, 4) is 0 Å². The Hall–Kier alpha value is -2.15. The summed E-state index contributed by atoms with van der Waals surface area (Å²) in [6, 6.07) is 1.56. The third-order valence-corrected chi connectivity index (χ3v) is 4.23. The van der Waals surface area contributed by atoms with E-state index < -0.39 is 0 Å². The Morgan fingerprint density at radius 2 is 2.35 bits per heavy atom. The van der Waals surface area contributed by atoms with Gasteiger partial charge in [-0.05, 0) is 13.3 Å². The van der Waals surface area contributed by atoms with Crippen molar-refractivity contribution < 1.29 is 9.32 Å². The number of carbonyl (C=O) groups is 1. The lowest BCUT2D eigenvalue weighted by Gasteiger charge is -2.33. The Labute approximate surface area is 135 Å². The number of amides is 1. The molecule has 0 aromatic carbocycles. The molecule has 2 aromatic rings. The highest BCUT2D eigenvalue weighted by Gasteiger charge is 2.29. The van der Waals surface area contributed by atoms with Crippen molar-refractivity contribution >= 4 is 11.7 Å². The number of aryl methyl sites for hydroxylation is 1. The number of unbranched alkanes of at least 4 members (excludes halogenated alkanes) is 1. The molecule has 1 atom stereocenters. The van der Waals surface area contributed by atoms with Crippen molar-refractivity contribution in [2.45, 2.75) is 52.2 Å². The molecule has 0 bridgehead atoms. The highest BCUT2D eigenvalue weighted by Crippen LogP contribution is 2.19. The van der Waals surface area contributed by atoms with Crippen LogP contribution >= 0.6 is 0 Å². The summed E-state index contributed by atoms with van der Waals surface area (Å²) in [5, 5.41) is 6.72. The maximum absolute atomic E-state index is 12.7. The Morgan fingerprint density at radius 3 is 3.09 bits per heavy atom. The van der Waals surface area contributed by atoms with Crippen LogP contribution in [0.5, 0.6) is 0 Å². The number of nitrogens with zero attached hydrogens (tertiary/aromatic N) is 4. The molecule has 7 heteroatoms. The molecular weight excluding hydrogens is 294 g/mol. The number of hydrogen-bond acceptors (Lipinski definition) is 5. The average Bonchev–Trinajstić information content (AvgIpc) is 3.16. The lowest BCUT2D eigenvalue weighted by atomic mass is 10.1. The zero-order chi connectivity index (χ0) is 16.2. The second kappa shape index (κ2) is 6.95. The van der Waals surface area contributed by atoms with Crippen LogP contribution in [-0.2, 0) is 17.9 Å². The summed E-state index contributed by atoms with van der Waals surface area (Å²) in [6.07, 6.45) is 6.72. The molecule has 0 spiro atoms. The summed E-state index contributed by atoms with van der Waals surface area (Å²) in [5.41, 5.74) is 0. The Bertz CT molecular complexity index is 663. The molecular formula is C16H23N5O2. The molecule has 7 nitrogen and oxygen atoms in total. The molecule has 1 unspecified atom stereocenters. The predicted molar refractivity (Wildman–Crippen MR) is 85.8 cm³/mol. The van der Waals surface area contributed by atoms with Crippen LogP contribution in [0.15, 0.2) is 23.0 Å². The van der Waals surface area contributed by atoms with Crippen LogP contribution in [0.4, 0.5) is 5.82 Å². The monoisotopic (exact) mass is 317 g/mol. The molecule has 2 aromatic heterocycles. The van der Waals surface area contributed by atoms with Gasteiger partial charge in [-0.25, -0.2) is 4.98 Å². The van der Waals surface area contributed by atoms with Gasteiger partial charge in [0.25, 0.3) is 0 Å². The van der Waals surface area contributed by atoms with Crippen molar-refractivity contribution in [3.05, 3.63) is 30.0 Å². The third-order valence-electron chi connectivity index (χ3n) is 4.23. The summed E-state index contributed by atoms with van der Waals surface area (Å²) < 4.78 is 7.16. The molecule has 1 aliphatic rings. The molecule has 0 fully saturated rings. The van der Waals surface area contributed by atoms with Gasteiger partial charge >= 0.3 is 0 Å². The molecule has 3 rings (SSSR count). The molecule has 1 aliphatic heterocycles. The fraction of sp³-hybridized carbons (Fsp3) is 0.562. The topological polar surface area (TPSA) is 76.2 Å². The first-order valence-electron chi connectivity index (χ1n) is 8.15. The van der Waals surface area contributed by atoms with Crippen LogP contribution < -0.4 is 5.32 Å². The van der Waals surface area contributed by atoms with E-state index in [1.165, 1.54) is 0 Å². The molecule has 124 valence electrons. The summed E-state index contributed by atoms with van der Waals surface area (Å²) in [7, 11) is 0. The highest BCUT2D eigenvalue weighted by molar-refractivity contribution is 5.94. The summed E-state index contributed by atoms with van der Waals surface area (Å²) >= 11 is 0. The second-order valence-electron chi connectivity index (χ2n) is 5.98. The van der Waals surface area contributed by atoms with E-state index in [-0.39, 0.29) is 11.9 Å². The first-order chi connectivity index (χ1) is 11.2. The molecule has 1 amide bonds. The van der Waals surface area contributed by atoms with E-state index in [0.29, 0.717) is 18.1 Å². The Balaban J connectivity index is 1.71. The third kappa shape index (κ3) is 3.61. The number of rotatable bonds is 6. The molecule has 3 heterocycles.